The first-order valence-electron chi connectivity index (χ1n) is 4.66. The minimum Gasteiger partial charge on any atom is -0.477 e. The number of carbonyl (C=O) groups is 1. The molecule has 0 fully saturated rings. The molecule has 3 nitrogen and oxygen atoms in total. The number of fused-ring (bicyclic) bond motifs is 1. The maximum Gasteiger partial charge on any atom is 0.351 e. The summed E-state index contributed by atoms with van der Waals surface area (Å²) in [4.78, 5) is 15.2. The summed E-state index contributed by atoms with van der Waals surface area (Å²) >= 11 is 9.38. The summed E-state index contributed by atoms with van der Waals surface area (Å²) in [5.41, 5.74) is 0.910. The normalized spacial score (nSPS) is 16.9. The molecule has 0 atom stereocenters. The van der Waals surface area contributed by atoms with Crippen molar-refractivity contribution in [2.24, 2.45) is 4.99 Å². The molecule has 0 radical (unpaired) electrons. The summed E-state index contributed by atoms with van der Waals surface area (Å²) in [6, 6.07) is 3.57. The van der Waals surface area contributed by atoms with E-state index in [0.29, 0.717) is 10.7 Å². The average Bonchev–Trinajstić information content (AvgIpc) is 2.39. The van der Waals surface area contributed by atoms with Crippen LogP contribution < -0.4 is 0 Å². The fraction of sp³-hybridized carbons (Fsp3) is 0.273. The van der Waals surface area contributed by atoms with Gasteiger partial charge in [-0.2, -0.15) is 0 Å². The molecule has 2 rings (SSSR count). The molecule has 0 aliphatic carbocycles. The van der Waals surface area contributed by atoms with Crippen molar-refractivity contribution in [3.63, 3.8) is 0 Å². The molecule has 1 aliphatic rings. The van der Waals surface area contributed by atoms with Gasteiger partial charge in [-0.05, 0) is 31.5 Å². The minimum atomic E-state index is -1.01. The van der Waals surface area contributed by atoms with Gasteiger partial charge in [-0.3, -0.25) is 0 Å². The third kappa shape index (κ3) is 1.57. The zero-order valence-electron chi connectivity index (χ0n) is 8.71. The minimum absolute atomic E-state index is 0.127. The van der Waals surface area contributed by atoms with E-state index in [1.165, 1.54) is 0 Å². The highest BCUT2D eigenvalue weighted by Gasteiger charge is 2.40. The van der Waals surface area contributed by atoms with E-state index in [4.69, 9.17) is 16.7 Å². The van der Waals surface area contributed by atoms with Gasteiger partial charge in [0.2, 0.25) is 0 Å². The highest BCUT2D eigenvalue weighted by molar-refractivity contribution is 9.10. The highest BCUT2D eigenvalue weighted by atomic mass is 79.9. The first kappa shape index (κ1) is 11.6. The van der Waals surface area contributed by atoms with E-state index in [1.807, 2.05) is 19.9 Å². The molecular formula is C11H9BrClNO2. The summed E-state index contributed by atoms with van der Waals surface area (Å²) in [6.07, 6.45) is 0. The number of carboxylic acids is 1. The van der Waals surface area contributed by atoms with E-state index in [1.54, 1.807) is 6.07 Å². The number of aliphatic carboxylic acids is 1. The van der Waals surface area contributed by atoms with Crippen LogP contribution in [-0.2, 0) is 10.2 Å². The van der Waals surface area contributed by atoms with Gasteiger partial charge in [-0.25, -0.2) is 9.79 Å². The number of benzene rings is 1. The summed E-state index contributed by atoms with van der Waals surface area (Å²) < 4.78 is 0.825. The second kappa shape index (κ2) is 3.57. The van der Waals surface area contributed by atoms with Crippen LogP contribution in [0.5, 0.6) is 0 Å². The monoisotopic (exact) mass is 301 g/mol. The molecule has 16 heavy (non-hydrogen) atoms. The van der Waals surface area contributed by atoms with Gasteiger partial charge < -0.3 is 5.11 Å². The Morgan fingerprint density at radius 2 is 2.12 bits per heavy atom. The Hall–Kier alpha value is -0.870. The molecule has 0 saturated heterocycles. The molecule has 1 aliphatic heterocycles. The lowest BCUT2D eigenvalue weighted by atomic mass is 9.81. The molecule has 0 amide bonds. The van der Waals surface area contributed by atoms with Crippen LogP contribution in [-0.4, -0.2) is 16.8 Å². The molecule has 0 saturated carbocycles. The van der Waals surface area contributed by atoms with Crippen molar-refractivity contribution in [1.29, 1.82) is 0 Å². The molecule has 1 heterocycles. The van der Waals surface area contributed by atoms with Gasteiger partial charge in [0.05, 0.1) is 10.7 Å². The van der Waals surface area contributed by atoms with Gasteiger partial charge in [0.15, 0.2) is 0 Å². The van der Waals surface area contributed by atoms with E-state index in [9.17, 15) is 4.79 Å². The van der Waals surface area contributed by atoms with Crippen LogP contribution in [0.3, 0.4) is 0 Å². The number of hydrogen-bond acceptors (Lipinski definition) is 2. The Morgan fingerprint density at radius 3 is 2.69 bits per heavy atom. The maximum atomic E-state index is 11.1. The third-order valence-electron chi connectivity index (χ3n) is 2.72. The number of rotatable bonds is 1. The second-order valence-electron chi connectivity index (χ2n) is 4.17. The Morgan fingerprint density at radius 1 is 1.50 bits per heavy atom. The average molecular weight is 303 g/mol. The summed E-state index contributed by atoms with van der Waals surface area (Å²) in [6.45, 7) is 3.66. The Kier molecular flexibility index (Phi) is 2.59. The molecular weight excluding hydrogens is 293 g/mol. The summed E-state index contributed by atoms with van der Waals surface area (Å²) in [5, 5.41) is 9.56. The van der Waals surface area contributed by atoms with Gasteiger partial charge in [0, 0.05) is 9.89 Å². The Labute approximate surface area is 106 Å². The van der Waals surface area contributed by atoms with Gasteiger partial charge in [0.1, 0.15) is 5.71 Å². The second-order valence-corrected chi connectivity index (χ2v) is 5.50. The molecule has 1 N–H and O–H groups in total. The lowest BCUT2D eigenvalue weighted by Gasteiger charge is -2.19. The number of hydrogen-bond donors (Lipinski definition) is 1. The van der Waals surface area contributed by atoms with Crippen LogP contribution in [0, 0.1) is 0 Å². The molecule has 0 bridgehead atoms. The van der Waals surface area contributed by atoms with E-state index >= 15 is 0 Å². The fourth-order valence-electron chi connectivity index (χ4n) is 1.85. The van der Waals surface area contributed by atoms with Crippen LogP contribution >= 0.6 is 27.5 Å². The molecule has 0 aromatic heterocycles. The van der Waals surface area contributed by atoms with Crippen LogP contribution in [0.15, 0.2) is 21.6 Å². The van der Waals surface area contributed by atoms with E-state index in [-0.39, 0.29) is 5.71 Å². The van der Waals surface area contributed by atoms with Gasteiger partial charge >= 0.3 is 5.97 Å². The van der Waals surface area contributed by atoms with Crippen LogP contribution in [0.1, 0.15) is 19.4 Å². The van der Waals surface area contributed by atoms with Crippen molar-refractivity contribution in [2.45, 2.75) is 19.3 Å². The van der Waals surface area contributed by atoms with E-state index in [0.717, 1.165) is 10.0 Å². The van der Waals surface area contributed by atoms with E-state index < -0.39 is 11.4 Å². The maximum absolute atomic E-state index is 11.1. The van der Waals surface area contributed by atoms with Crippen LogP contribution in [0.2, 0.25) is 5.02 Å². The van der Waals surface area contributed by atoms with Gasteiger partial charge in [0.25, 0.3) is 0 Å². The van der Waals surface area contributed by atoms with Crippen molar-refractivity contribution in [1.82, 2.24) is 0 Å². The first-order chi connectivity index (χ1) is 7.34. The molecule has 1 aromatic rings. The first-order valence-corrected chi connectivity index (χ1v) is 5.83. The van der Waals surface area contributed by atoms with Gasteiger partial charge in [-0.1, -0.05) is 27.5 Å². The smallest absolute Gasteiger partial charge is 0.351 e. The van der Waals surface area contributed by atoms with Crippen molar-refractivity contribution in [2.75, 3.05) is 0 Å². The number of aliphatic imine (C=N–C) groups is 1. The molecule has 0 unspecified atom stereocenters. The zero-order chi connectivity index (χ0) is 12.1. The number of halogens is 2. The summed E-state index contributed by atoms with van der Waals surface area (Å²) in [5.74, 6) is -1.01. The van der Waals surface area contributed by atoms with Gasteiger partial charge in [-0.15, -0.1) is 0 Å². The summed E-state index contributed by atoms with van der Waals surface area (Å²) in [7, 11) is 0. The third-order valence-corrected chi connectivity index (χ3v) is 3.47. The Balaban J connectivity index is 2.71. The predicted octanol–water partition coefficient (Wildman–Crippen LogP) is 3.55. The quantitative estimate of drug-likeness (QED) is 0.862. The highest BCUT2D eigenvalue weighted by Crippen LogP contribution is 2.45. The lowest BCUT2D eigenvalue weighted by Crippen LogP contribution is -2.31. The standard InChI is InChI=1S/C11H9BrClNO2/c1-11(2)6-3-5(12)4-7(13)8(6)14-9(11)10(15)16/h3-4H,1-2H3,(H,15,16). The Bertz CT molecular complexity index is 523. The van der Waals surface area contributed by atoms with Crippen molar-refractivity contribution >= 4 is 44.9 Å². The van der Waals surface area contributed by atoms with Crippen molar-refractivity contribution in [3.8, 4) is 0 Å². The molecule has 0 spiro atoms. The van der Waals surface area contributed by atoms with E-state index in [2.05, 4.69) is 20.9 Å². The van der Waals surface area contributed by atoms with Crippen molar-refractivity contribution < 1.29 is 9.90 Å². The predicted molar refractivity (Wildman–Crippen MR) is 66.9 cm³/mol. The fourth-order valence-corrected chi connectivity index (χ4v) is 2.70. The molecule has 84 valence electrons. The zero-order valence-corrected chi connectivity index (χ0v) is 11.1. The lowest BCUT2D eigenvalue weighted by molar-refractivity contribution is -0.129. The SMILES string of the molecule is CC1(C)C(C(=O)O)=Nc2c(Cl)cc(Br)cc21. The van der Waals surface area contributed by atoms with Crippen molar-refractivity contribution in [3.05, 3.63) is 27.2 Å². The number of carboxylic acid groups (broad SMARTS) is 1. The molecule has 1 aromatic carbocycles. The molecule has 5 heteroatoms. The van der Waals surface area contributed by atoms with Crippen LogP contribution in [0.25, 0.3) is 0 Å². The topological polar surface area (TPSA) is 49.7 Å². The number of nitrogens with zero attached hydrogens (tertiary/aromatic N) is 1. The largest absolute Gasteiger partial charge is 0.477 e. The van der Waals surface area contributed by atoms with Crippen LogP contribution in [0.4, 0.5) is 5.69 Å².